The molecule has 1 aliphatic rings. The van der Waals surface area contributed by atoms with Crippen molar-refractivity contribution in [2.75, 3.05) is 19.7 Å². The molecule has 0 bridgehead atoms. The van der Waals surface area contributed by atoms with E-state index < -0.39 is 0 Å². The summed E-state index contributed by atoms with van der Waals surface area (Å²) in [4.78, 5) is 15.6. The Balaban J connectivity index is 1.65. The molecule has 1 N–H and O–H groups in total. The van der Waals surface area contributed by atoms with Crippen LogP contribution >= 0.6 is 0 Å². The van der Waals surface area contributed by atoms with E-state index in [0.29, 0.717) is 5.82 Å². The molecule has 138 valence electrons. The highest BCUT2D eigenvalue weighted by Gasteiger charge is 2.34. The maximum Gasteiger partial charge on any atom is 0.178 e. The van der Waals surface area contributed by atoms with Crippen LogP contribution in [0.4, 0.5) is 0 Å². The molecule has 0 amide bonds. The molecule has 1 atom stereocenters. The van der Waals surface area contributed by atoms with E-state index in [1.807, 2.05) is 30.6 Å². The number of pyridine rings is 1. The molecule has 5 nitrogen and oxygen atoms in total. The van der Waals surface area contributed by atoms with Crippen LogP contribution in [0, 0.1) is 5.41 Å². The van der Waals surface area contributed by atoms with E-state index in [9.17, 15) is 5.11 Å². The van der Waals surface area contributed by atoms with Crippen LogP contribution in [-0.4, -0.2) is 44.7 Å². The summed E-state index contributed by atoms with van der Waals surface area (Å²) < 4.78 is 0. The van der Waals surface area contributed by atoms with Crippen molar-refractivity contribution >= 4 is 0 Å². The summed E-state index contributed by atoms with van der Waals surface area (Å²) in [5.74, 6) is 0.654. The molecular weight excluding hydrogens is 324 g/mol. The van der Waals surface area contributed by atoms with Crippen LogP contribution < -0.4 is 0 Å². The smallest absolute Gasteiger partial charge is 0.178 e. The Kier molecular flexibility index (Phi) is 6.12. The van der Waals surface area contributed by atoms with Gasteiger partial charge in [-0.1, -0.05) is 17.7 Å². The lowest BCUT2D eigenvalue weighted by molar-refractivity contribution is 0.0306. The third kappa shape index (κ3) is 4.74. The van der Waals surface area contributed by atoms with E-state index in [1.54, 1.807) is 6.20 Å². The number of aliphatic hydroxyl groups is 1. The molecule has 3 heterocycles. The molecule has 2 aromatic rings. The fourth-order valence-electron chi connectivity index (χ4n) is 3.55. The van der Waals surface area contributed by atoms with E-state index in [2.05, 4.69) is 39.8 Å². The van der Waals surface area contributed by atoms with Crippen molar-refractivity contribution in [3.8, 4) is 11.5 Å². The SMILES string of the molecule is CC(C)=CC[C@]1(CO)CCCN(Cc2cnc(-c3ccccn3)nc2)C1. The number of hydrogen-bond donors (Lipinski definition) is 1. The summed E-state index contributed by atoms with van der Waals surface area (Å²) in [7, 11) is 0. The summed E-state index contributed by atoms with van der Waals surface area (Å²) in [6.45, 7) is 7.26. The van der Waals surface area contributed by atoms with Gasteiger partial charge >= 0.3 is 0 Å². The molecule has 0 saturated carbocycles. The first-order valence-corrected chi connectivity index (χ1v) is 9.29. The number of rotatable bonds is 6. The van der Waals surface area contributed by atoms with Gasteiger partial charge in [0, 0.05) is 42.7 Å². The van der Waals surface area contributed by atoms with Crippen molar-refractivity contribution in [2.45, 2.75) is 39.7 Å². The number of piperidine rings is 1. The van der Waals surface area contributed by atoms with Gasteiger partial charge in [0.05, 0.1) is 6.61 Å². The van der Waals surface area contributed by atoms with Crippen LogP contribution in [0.2, 0.25) is 0 Å². The van der Waals surface area contributed by atoms with Crippen molar-refractivity contribution in [2.24, 2.45) is 5.41 Å². The van der Waals surface area contributed by atoms with Crippen molar-refractivity contribution in [1.82, 2.24) is 19.9 Å². The predicted octanol–water partition coefficient (Wildman–Crippen LogP) is 3.47. The standard InChI is InChI=1S/C21H28N4O/c1-17(2)7-9-21(16-26)8-5-11-25(15-21)14-18-12-23-20(24-13-18)19-6-3-4-10-22-19/h3-4,6-7,10,12-13,26H,5,8-9,11,14-16H2,1-2H3/t21-/m1/s1. The molecule has 0 aromatic carbocycles. The Hall–Kier alpha value is -2.11. The zero-order chi connectivity index (χ0) is 18.4. The molecule has 0 spiro atoms. The Morgan fingerprint density at radius 2 is 2.04 bits per heavy atom. The second kappa shape index (κ2) is 8.52. The van der Waals surface area contributed by atoms with Crippen molar-refractivity contribution in [1.29, 1.82) is 0 Å². The van der Waals surface area contributed by atoms with Gasteiger partial charge in [-0.05, 0) is 51.8 Å². The summed E-state index contributed by atoms with van der Waals surface area (Å²) in [5.41, 5.74) is 3.18. The third-order valence-electron chi connectivity index (χ3n) is 5.02. The Bertz CT molecular complexity index is 725. The van der Waals surface area contributed by atoms with Crippen molar-refractivity contribution in [3.63, 3.8) is 0 Å². The zero-order valence-corrected chi connectivity index (χ0v) is 15.7. The fourth-order valence-corrected chi connectivity index (χ4v) is 3.55. The van der Waals surface area contributed by atoms with Crippen molar-refractivity contribution < 1.29 is 5.11 Å². The van der Waals surface area contributed by atoms with Gasteiger partial charge in [0.25, 0.3) is 0 Å². The minimum Gasteiger partial charge on any atom is -0.396 e. The predicted molar refractivity (Wildman–Crippen MR) is 103 cm³/mol. The van der Waals surface area contributed by atoms with Gasteiger partial charge in [-0.2, -0.15) is 0 Å². The van der Waals surface area contributed by atoms with Gasteiger partial charge in [-0.15, -0.1) is 0 Å². The zero-order valence-electron chi connectivity index (χ0n) is 15.7. The molecule has 0 aliphatic carbocycles. The average Bonchev–Trinajstić information content (AvgIpc) is 2.68. The second-order valence-electron chi connectivity index (χ2n) is 7.59. The first-order chi connectivity index (χ1) is 12.6. The monoisotopic (exact) mass is 352 g/mol. The van der Waals surface area contributed by atoms with Gasteiger partial charge in [-0.25, -0.2) is 9.97 Å². The molecule has 2 aromatic heterocycles. The summed E-state index contributed by atoms with van der Waals surface area (Å²) in [6.07, 6.45) is 10.9. The van der Waals surface area contributed by atoms with E-state index in [-0.39, 0.29) is 12.0 Å². The highest BCUT2D eigenvalue weighted by atomic mass is 16.3. The average molecular weight is 352 g/mol. The molecule has 0 radical (unpaired) electrons. The van der Waals surface area contributed by atoms with Crippen LogP contribution in [0.5, 0.6) is 0 Å². The van der Waals surface area contributed by atoms with E-state index in [0.717, 1.165) is 50.2 Å². The lowest BCUT2D eigenvalue weighted by atomic mass is 9.77. The van der Waals surface area contributed by atoms with Crippen LogP contribution in [0.15, 0.2) is 48.4 Å². The number of nitrogens with zero attached hydrogens (tertiary/aromatic N) is 4. The van der Waals surface area contributed by atoms with E-state index in [1.165, 1.54) is 5.57 Å². The lowest BCUT2D eigenvalue weighted by Crippen LogP contribution is -2.44. The number of aromatic nitrogens is 3. The minimum atomic E-state index is -0.0235. The summed E-state index contributed by atoms with van der Waals surface area (Å²) >= 11 is 0. The maximum atomic E-state index is 10.0. The molecule has 26 heavy (non-hydrogen) atoms. The van der Waals surface area contributed by atoms with E-state index in [4.69, 9.17) is 0 Å². The number of hydrogen-bond acceptors (Lipinski definition) is 5. The molecule has 0 unspecified atom stereocenters. The number of likely N-dealkylation sites (tertiary alicyclic amines) is 1. The summed E-state index contributed by atoms with van der Waals surface area (Å²) in [6, 6.07) is 5.74. The Labute approximate surface area is 155 Å². The van der Waals surface area contributed by atoms with Crippen molar-refractivity contribution in [3.05, 3.63) is 54.0 Å². The number of aliphatic hydroxyl groups excluding tert-OH is 1. The first-order valence-electron chi connectivity index (χ1n) is 9.29. The normalized spacial score (nSPS) is 20.7. The number of allylic oxidation sites excluding steroid dienone is 2. The summed E-state index contributed by atoms with van der Waals surface area (Å²) in [5, 5.41) is 10.0. The first kappa shape index (κ1) is 18.7. The fraction of sp³-hybridized carbons (Fsp3) is 0.476. The Morgan fingerprint density at radius 3 is 2.69 bits per heavy atom. The van der Waals surface area contributed by atoms with Crippen LogP contribution in [0.25, 0.3) is 11.5 Å². The van der Waals surface area contributed by atoms with Gasteiger partial charge in [-0.3, -0.25) is 9.88 Å². The van der Waals surface area contributed by atoms with Crippen LogP contribution in [0.3, 0.4) is 0 Å². The topological polar surface area (TPSA) is 62.1 Å². The minimum absolute atomic E-state index is 0.0235. The lowest BCUT2D eigenvalue weighted by Gasteiger charge is -2.41. The Morgan fingerprint density at radius 1 is 1.23 bits per heavy atom. The highest BCUT2D eigenvalue weighted by Crippen LogP contribution is 2.34. The van der Waals surface area contributed by atoms with Crippen LogP contribution in [-0.2, 0) is 6.54 Å². The van der Waals surface area contributed by atoms with E-state index >= 15 is 0 Å². The largest absolute Gasteiger partial charge is 0.396 e. The second-order valence-corrected chi connectivity index (χ2v) is 7.59. The maximum absolute atomic E-state index is 10.0. The van der Waals surface area contributed by atoms with Gasteiger partial charge in [0.15, 0.2) is 5.82 Å². The molecule has 1 saturated heterocycles. The van der Waals surface area contributed by atoms with Crippen LogP contribution in [0.1, 0.15) is 38.7 Å². The van der Waals surface area contributed by atoms with Gasteiger partial charge < -0.3 is 5.11 Å². The molecule has 1 aliphatic heterocycles. The third-order valence-corrected chi connectivity index (χ3v) is 5.02. The molecule has 5 heteroatoms. The molecule has 1 fully saturated rings. The van der Waals surface area contributed by atoms with Gasteiger partial charge in [0.2, 0.25) is 0 Å². The quantitative estimate of drug-likeness (QED) is 0.807. The highest BCUT2D eigenvalue weighted by molar-refractivity contribution is 5.47. The molecular formula is C21H28N4O. The molecule has 3 rings (SSSR count). The van der Waals surface area contributed by atoms with Gasteiger partial charge in [0.1, 0.15) is 5.69 Å².